The summed E-state index contributed by atoms with van der Waals surface area (Å²) in [7, 11) is 0. The van der Waals surface area contributed by atoms with Gasteiger partial charge in [0.05, 0.1) is 22.6 Å². The van der Waals surface area contributed by atoms with Crippen LogP contribution in [0, 0.1) is 12.7 Å². The molecule has 0 saturated heterocycles. The first kappa shape index (κ1) is 14.3. The molecular weight excluding hydrogens is 311 g/mol. The first-order chi connectivity index (χ1) is 11.5. The maximum absolute atomic E-state index is 13.1. The van der Waals surface area contributed by atoms with Crippen LogP contribution in [0.25, 0.3) is 27.8 Å². The highest BCUT2D eigenvalue weighted by Crippen LogP contribution is 2.29. The standard InChI is InChI=1S/C17H13FN4O2/c1-9-16(23)22(17(24)19-9)12-6-7-14-13(8-12)15(21-20-14)10-2-4-11(18)5-3-10/h2-8,23H,1H3,(H,19,24)(H,20,21). The molecule has 0 amide bonds. The van der Waals surface area contributed by atoms with Crippen LogP contribution in [0.2, 0.25) is 0 Å². The number of aromatic amines is 2. The molecule has 4 rings (SSSR count). The quantitative estimate of drug-likeness (QED) is 0.530. The molecule has 0 aliphatic rings. The predicted molar refractivity (Wildman–Crippen MR) is 87.8 cm³/mol. The number of nitrogens with zero attached hydrogens (tertiary/aromatic N) is 2. The molecule has 2 aromatic carbocycles. The largest absolute Gasteiger partial charge is 0.493 e. The lowest BCUT2D eigenvalue weighted by Crippen LogP contribution is -2.14. The summed E-state index contributed by atoms with van der Waals surface area (Å²) >= 11 is 0. The molecule has 6 nitrogen and oxygen atoms in total. The van der Waals surface area contributed by atoms with Crippen LogP contribution in [-0.2, 0) is 0 Å². The number of aromatic nitrogens is 4. The molecule has 0 aliphatic carbocycles. The minimum absolute atomic E-state index is 0.133. The number of rotatable bonds is 2. The van der Waals surface area contributed by atoms with E-state index in [1.165, 1.54) is 16.7 Å². The molecule has 0 fully saturated rings. The van der Waals surface area contributed by atoms with Crippen LogP contribution >= 0.6 is 0 Å². The summed E-state index contributed by atoms with van der Waals surface area (Å²) in [6.45, 7) is 1.62. The Labute approximate surface area is 135 Å². The monoisotopic (exact) mass is 324 g/mol. The zero-order valence-corrected chi connectivity index (χ0v) is 12.7. The van der Waals surface area contributed by atoms with Gasteiger partial charge in [-0.15, -0.1) is 0 Å². The Morgan fingerprint density at radius 2 is 1.92 bits per heavy atom. The lowest BCUT2D eigenvalue weighted by Gasteiger charge is -2.04. The summed E-state index contributed by atoms with van der Waals surface area (Å²) in [4.78, 5) is 14.6. The van der Waals surface area contributed by atoms with Crippen LogP contribution in [0.1, 0.15) is 5.69 Å². The smallest absolute Gasteiger partial charge is 0.333 e. The fraction of sp³-hybridized carbons (Fsp3) is 0.0588. The second-order valence-electron chi connectivity index (χ2n) is 5.52. The number of H-pyrrole nitrogens is 2. The average molecular weight is 324 g/mol. The molecule has 3 N–H and O–H groups in total. The van der Waals surface area contributed by atoms with Gasteiger partial charge in [-0.1, -0.05) is 0 Å². The maximum Gasteiger partial charge on any atom is 0.333 e. The van der Waals surface area contributed by atoms with Gasteiger partial charge in [-0.2, -0.15) is 5.10 Å². The zero-order valence-electron chi connectivity index (χ0n) is 12.7. The molecule has 0 atom stereocenters. The van der Waals surface area contributed by atoms with E-state index in [1.54, 1.807) is 37.3 Å². The third-order valence-corrected chi connectivity index (χ3v) is 3.97. The number of imidazole rings is 1. The van der Waals surface area contributed by atoms with Gasteiger partial charge in [0.15, 0.2) is 0 Å². The fourth-order valence-corrected chi connectivity index (χ4v) is 2.74. The topological polar surface area (TPSA) is 86.7 Å². The van der Waals surface area contributed by atoms with E-state index < -0.39 is 5.69 Å². The van der Waals surface area contributed by atoms with E-state index in [0.29, 0.717) is 17.1 Å². The van der Waals surface area contributed by atoms with E-state index in [0.717, 1.165) is 16.5 Å². The van der Waals surface area contributed by atoms with Crippen LogP contribution in [0.5, 0.6) is 5.88 Å². The second kappa shape index (κ2) is 5.09. The Bertz CT molecular complexity index is 1110. The van der Waals surface area contributed by atoms with Crippen LogP contribution in [-0.4, -0.2) is 24.9 Å². The van der Waals surface area contributed by atoms with E-state index in [2.05, 4.69) is 15.2 Å². The molecule has 24 heavy (non-hydrogen) atoms. The number of hydrogen-bond donors (Lipinski definition) is 3. The van der Waals surface area contributed by atoms with Crippen LogP contribution in [0.4, 0.5) is 4.39 Å². The Morgan fingerprint density at radius 1 is 1.17 bits per heavy atom. The first-order valence-electron chi connectivity index (χ1n) is 7.29. The van der Waals surface area contributed by atoms with Gasteiger partial charge < -0.3 is 10.1 Å². The fourth-order valence-electron chi connectivity index (χ4n) is 2.74. The number of aryl methyl sites for hydroxylation is 1. The van der Waals surface area contributed by atoms with E-state index in [4.69, 9.17) is 0 Å². The summed E-state index contributed by atoms with van der Waals surface area (Å²) in [6.07, 6.45) is 0. The summed E-state index contributed by atoms with van der Waals surface area (Å²) < 4.78 is 14.3. The van der Waals surface area contributed by atoms with Gasteiger partial charge in [-0.25, -0.2) is 13.8 Å². The minimum Gasteiger partial charge on any atom is -0.493 e. The normalized spacial score (nSPS) is 11.2. The molecule has 0 aliphatic heterocycles. The molecule has 2 aromatic heterocycles. The highest BCUT2D eigenvalue weighted by Gasteiger charge is 2.14. The third-order valence-electron chi connectivity index (χ3n) is 3.97. The van der Waals surface area contributed by atoms with Gasteiger partial charge >= 0.3 is 5.69 Å². The van der Waals surface area contributed by atoms with Crippen molar-refractivity contribution in [1.29, 1.82) is 0 Å². The predicted octanol–water partition coefficient (Wildman–Crippen LogP) is 2.86. The zero-order chi connectivity index (χ0) is 16.8. The Kier molecular flexibility index (Phi) is 3.02. The molecule has 120 valence electrons. The first-order valence-corrected chi connectivity index (χ1v) is 7.29. The van der Waals surface area contributed by atoms with Crippen LogP contribution in [0.15, 0.2) is 47.3 Å². The van der Waals surface area contributed by atoms with Crippen LogP contribution < -0.4 is 5.69 Å². The Morgan fingerprint density at radius 3 is 2.58 bits per heavy atom. The summed E-state index contributed by atoms with van der Waals surface area (Å²) in [5.41, 5.74) is 2.66. The van der Waals surface area contributed by atoms with Gasteiger partial charge in [0.2, 0.25) is 5.88 Å². The Hall–Kier alpha value is -3.35. The summed E-state index contributed by atoms with van der Waals surface area (Å²) in [5.74, 6) is -0.454. The molecule has 4 aromatic rings. The maximum atomic E-state index is 13.1. The van der Waals surface area contributed by atoms with Crippen molar-refractivity contribution < 1.29 is 9.50 Å². The number of fused-ring (bicyclic) bond motifs is 1. The molecular formula is C17H13FN4O2. The highest BCUT2D eigenvalue weighted by molar-refractivity contribution is 5.94. The molecule has 0 bridgehead atoms. The SMILES string of the molecule is Cc1[nH]c(=O)n(-c2ccc3[nH]nc(-c4ccc(F)cc4)c3c2)c1O. The summed E-state index contributed by atoms with van der Waals surface area (Å²) in [5, 5.41) is 18.0. The van der Waals surface area contributed by atoms with Crippen molar-refractivity contribution >= 4 is 10.9 Å². The van der Waals surface area contributed by atoms with Crippen molar-refractivity contribution in [3.63, 3.8) is 0 Å². The van der Waals surface area contributed by atoms with E-state index in [9.17, 15) is 14.3 Å². The average Bonchev–Trinajstić information content (AvgIpc) is 3.09. The van der Waals surface area contributed by atoms with Crippen molar-refractivity contribution in [2.24, 2.45) is 0 Å². The second-order valence-corrected chi connectivity index (χ2v) is 5.52. The van der Waals surface area contributed by atoms with Crippen molar-refractivity contribution in [3.05, 3.63) is 64.5 Å². The lowest BCUT2D eigenvalue weighted by atomic mass is 10.1. The van der Waals surface area contributed by atoms with Gasteiger partial charge in [-0.05, 0) is 49.4 Å². The van der Waals surface area contributed by atoms with Crippen molar-refractivity contribution in [1.82, 2.24) is 19.7 Å². The van der Waals surface area contributed by atoms with Gasteiger partial charge in [0.25, 0.3) is 0 Å². The molecule has 0 radical (unpaired) electrons. The molecule has 0 spiro atoms. The lowest BCUT2D eigenvalue weighted by molar-refractivity contribution is 0.437. The number of nitrogens with one attached hydrogen (secondary N) is 2. The van der Waals surface area contributed by atoms with Gasteiger partial charge in [0, 0.05) is 10.9 Å². The van der Waals surface area contributed by atoms with E-state index >= 15 is 0 Å². The van der Waals surface area contributed by atoms with Gasteiger partial charge in [-0.3, -0.25) is 5.10 Å². The molecule has 0 saturated carbocycles. The number of aromatic hydroxyl groups is 1. The molecule has 2 heterocycles. The molecule has 7 heteroatoms. The minimum atomic E-state index is -0.420. The molecule has 0 unspecified atom stereocenters. The number of hydrogen-bond acceptors (Lipinski definition) is 3. The van der Waals surface area contributed by atoms with Crippen molar-refractivity contribution in [2.45, 2.75) is 6.92 Å². The van der Waals surface area contributed by atoms with E-state index in [-0.39, 0.29) is 11.7 Å². The third kappa shape index (κ3) is 2.10. The highest BCUT2D eigenvalue weighted by atomic mass is 19.1. The van der Waals surface area contributed by atoms with Crippen molar-refractivity contribution in [3.8, 4) is 22.8 Å². The van der Waals surface area contributed by atoms with Crippen molar-refractivity contribution in [2.75, 3.05) is 0 Å². The Balaban J connectivity index is 1.93. The van der Waals surface area contributed by atoms with E-state index in [1.807, 2.05) is 0 Å². The van der Waals surface area contributed by atoms with Gasteiger partial charge in [0.1, 0.15) is 5.82 Å². The number of halogens is 1. The van der Waals surface area contributed by atoms with Crippen LogP contribution in [0.3, 0.4) is 0 Å². The number of benzene rings is 2. The summed E-state index contributed by atoms with van der Waals surface area (Å²) in [6, 6.07) is 11.3.